The standard InChI is InChI=1S/C20H30N2OS/c1-3-9-20(10-13-22-11-5-4-6-12-22)15-21-19(24)17-8-7-16(23-2)14-18(17)20/h7-8,14H,3-6,9-13,15H2,1-2H3,(H,21,24). The number of benzene rings is 1. The van der Waals surface area contributed by atoms with Gasteiger partial charge in [-0.25, -0.2) is 0 Å². The van der Waals surface area contributed by atoms with Gasteiger partial charge in [0.15, 0.2) is 0 Å². The third kappa shape index (κ3) is 3.60. The van der Waals surface area contributed by atoms with E-state index in [9.17, 15) is 0 Å². The summed E-state index contributed by atoms with van der Waals surface area (Å²) in [6.45, 7) is 6.95. The van der Waals surface area contributed by atoms with Crippen molar-refractivity contribution in [2.75, 3.05) is 33.3 Å². The lowest BCUT2D eigenvalue weighted by atomic mass is 9.70. The Morgan fingerprint density at radius 2 is 2.00 bits per heavy atom. The summed E-state index contributed by atoms with van der Waals surface area (Å²) < 4.78 is 5.51. The van der Waals surface area contributed by atoms with Gasteiger partial charge in [-0.15, -0.1) is 0 Å². The van der Waals surface area contributed by atoms with E-state index in [1.807, 2.05) is 6.07 Å². The molecule has 2 aliphatic rings. The van der Waals surface area contributed by atoms with Gasteiger partial charge in [-0.1, -0.05) is 32.0 Å². The predicted octanol–water partition coefficient (Wildman–Crippen LogP) is 3.89. The largest absolute Gasteiger partial charge is 0.497 e. The molecule has 0 saturated carbocycles. The van der Waals surface area contributed by atoms with E-state index in [1.54, 1.807) is 7.11 Å². The Hall–Kier alpha value is -1.13. The van der Waals surface area contributed by atoms with E-state index in [4.69, 9.17) is 17.0 Å². The van der Waals surface area contributed by atoms with Gasteiger partial charge in [0.05, 0.1) is 7.11 Å². The molecule has 132 valence electrons. The maximum atomic E-state index is 5.57. The molecule has 1 N–H and O–H groups in total. The monoisotopic (exact) mass is 346 g/mol. The van der Waals surface area contributed by atoms with Gasteiger partial charge in [0, 0.05) is 17.5 Å². The average Bonchev–Trinajstić information content (AvgIpc) is 2.64. The van der Waals surface area contributed by atoms with Crippen LogP contribution in [0, 0.1) is 0 Å². The van der Waals surface area contributed by atoms with Crippen molar-refractivity contribution in [1.82, 2.24) is 10.2 Å². The maximum Gasteiger partial charge on any atom is 0.119 e. The number of hydrogen-bond acceptors (Lipinski definition) is 3. The minimum absolute atomic E-state index is 0.165. The third-order valence-electron chi connectivity index (χ3n) is 5.71. The summed E-state index contributed by atoms with van der Waals surface area (Å²) in [5.41, 5.74) is 2.76. The molecule has 3 rings (SSSR count). The Balaban J connectivity index is 1.88. The summed E-state index contributed by atoms with van der Waals surface area (Å²) in [7, 11) is 1.75. The minimum atomic E-state index is 0.165. The summed E-state index contributed by atoms with van der Waals surface area (Å²) >= 11 is 5.57. The molecule has 1 fully saturated rings. The maximum absolute atomic E-state index is 5.57. The van der Waals surface area contributed by atoms with Crippen LogP contribution in [-0.4, -0.2) is 43.2 Å². The lowest BCUT2D eigenvalue weighted by molar-refractivity contribution is 0.197. The summed E-state index contributed by atoms with van der Waals surface area (Å²) in [4.78, 5) is 3.53. The van der Waals surface area contributed by atoms with Crippen LogP contribution in [0.5, 0.6) is 5.75 Å². The molecule has 0 aliphatic carbocycles. The fourth-order valence-electron chi connectivity index (χ4n) is 4.33. The highest BCUT2D eigenvalue weighted by molar-refractivity contribution is 7.80. The summed E-state index contributed by atoms with van der Waals surface area (Å²) in [5.74, 6) is 0.942. The van der Waals surface area contributed by atoms with Gasteiger partial charge >= 0.3 is 0 Å². The van der Waals surface area contributed by atoms with Gasteiger partial charge in [-0.3, -0.25) is 0 Å². The topological polar surface area (TPSA) is 24.5 Å². The van der Waals surface area contributed by atoms with Gasteiger partial charge < -0.3 is 15.0 Å². The first-order valence-corrected chi connectivity index (χ1v) is 9.78. The first kappa shape index (κ1) is 17.7. The minimum Gasteiger partial charge on any atom is -0.497 e. The zero-order valence-corrected chi connectivity index (χ0v) is 15.9. The van der Waals surface area contributed by atoms with Crippen molar-refractivity contribution in [2.24, 2.45) is 0 Å². The summed E-state index contributed by atoms with van der Waals surface area (Å²) in [5, 5.41) is 3.51. The highest BCUT2D eigenvalue weighted by Gasteiger charge is 2.38. The number of nitrogens with one attached hydrogen (secondary N) is 1. The Kier molecular flexibility index (Phi) is 5.77. The van der Waals surface area contributed by atoms with Crippen molar-refractivity contribution >= 4 is 17.2 Å². The average molecular weight is 347 g/mol. The van der Waals surface area contributed by atoms with Crippen molar-refractivity contribution in [3.8, 4) is 5.75 Å². The van der Waals surface area contributed by atoms with Crippen LogP contribution in [0.3, 0.4) is 0 Å². The first-order chi connectivity index (χ1) is 11.7. The van der Waals surface area contributed by atoms with E-state index in [-0.39, 0.29) is 5.41 Å². The number of likely N-dealkylation sites (tertiary alicyclic amines) is 1. The number of thiocarbonyl (C=S) groups is 1. The number of piperidine rings is 1. The fourth-order valence-corrected chi connectivity index (χ4v) is 4.58. The number of ether oxygens (including phenoxy) is 1. The van der Waals surface area contributed by atoms with E-state index < -0.39 is 0 Å². The fraction of sp³-hybridized carbons (Fsp3) is 0.650. The Bertz CT molecular complexity index is 583. The van der Waals surface area contributed by atoms with Crippen molar-refractivity contribution in [3.63, 3.8) is 0 Å². The van der Waals surface area contributed by atoms with Crippen LogP contribution in [0.2, 0.25) is 0 Å². The molecule has 4 heteroatoms. The summed E-state index contributed by atoms with van der Waals surface area (Å²) in [6, 6.07) is 6.39. The third-order valence-corrected chi connectivity index (χ3v) is 6.08. The highest BCUT2D eigenvalue weighted by atomic mass is 32.1. The normalized spacial score (nSPS) is 24.3. The molecule has 1 atom stereocenters. The van der Waals surface area contributed by atoms with Crippen molar-refractivity contribution in [2.45, 2.75) is 50.9 Å². The number of nitrogens with zero attached hydrogens (tertiary/aromatic N) is 1. The second-order valence-corrected chi connectivity index (χ2v) is 7.69. The van der Waals surface area contributed by atoms with Gasteiger partial charge in [0.25, 0.3) is 0 Å². The quantitative estimate of drug-likeness (QED) is 0.790. The number of fused-ring (bicyclic) bond motifs is 1. The molecule has 1 saturated heterocycles. The predicted molar refractivity (Wildman–Crippen MR) is 104 cm³/mol. The smallest absolute Gasteiger partial charge is 0.119 e. The molecular formula is C20H30N2OS. The molecule has 0 aromatic heterocycles. The Morgan fingerprint density at radius 1 is 1.21 bits per heavy atom. The van der Waals surface area contributed by atoms with E-state index in [1.165, 1.54) is 69.3 Å². The molecule has 0 bridgehead atoms. The molecule has 1 aromatic rings. The van der Waals surface area contributed by atoms with Crippen LogP contribution < -0.4 is 10.1 Å². The second-order valence-electron chi connectivity index (χ2n) is 7.28. The van der Waals surface area contributed by atoms with E-state index >= 15 is 0 Å². The van der Waals surface area contributed by atoms with Crippen molar-refractivity contribution < 1.29 is 4.74 Å². The number of rotatable bonds is 6. The number of methoxy groups -OCH3 is 1. The van der Waals surface area contributed by atoms with Crippen molar-refractivity contribution in [1.29, 1.82) is 0 Å². The highest BCUT2D eigenvalue weighted by Crippen LogP contribution is 2.39. The van der Waals surface area contributed by atoms with Crippen LogP contribution in [0.1, 0.15) is 56.6 Å². The molecule has 1 aromatic carbocycles. The molecule has 2 heterocycles. The Labute approximate surface area is 151 Å². The SMILES string of the molecule is CCCC1(CCN2CCCCC2)CNC(=S)c2ccc(OC)cc21. The summed E-state index contributed by atoms with van der Waals surface area (Å²) in [6.07, 6.45) is 7.67. The lowest BCUT2D eigenvalue weighted by Crippen LogP contribution is -2.48. The van der Waals surface area contributed by atoms with E-state index in [0.717, 1.165) is 17.3 Å². The zero-order valence-electron chi connectivity index (χ0n) is 15.1. The molecular weight excluding hydrogens is 316 g/mol. The van der Waals surface area contributed by atoms with Gasteiger partial charge in [-0.05, 0) is 69.1 Å². The van der Waals surface area contributed by atoms with Crippen LogP contribution in [0.25, 0.3) is 0 Å². The molecule has 1 unspecified atom stereocenters. The van der Waals surface area contributed by atoms with Crippen LogP contribution in [-0.2, 0) is 5.41 Å². The van der Waals surface area contributed by atoms with Gasteiger partial charge in [0.2, 0.25) is 0 Å². The molecule has 2 aliphatic heterocycles. The number of hydrogen-bond donors (Lipinski definition) is 1. The van der Waals surface area contributed by atoms with E-state index in [0.29, 0.717) is 0 Å². The first-order valence-electron chi connectivity index (χ1n) is 9.37. The van der Waals surface area contributed by atoms with Crippen LogP contribution in [0.4, 0.5) is 0 Å². The molecule has 24 heavy (non-hydrogen) atoms. The zero-order chi connectivity index (χ0) is 17.0. The van der Waals surface area contributed by atoms with E-state index in [2.05, 4.69) is 29.3 Å². The molecule has 0 spiro atoms. The second kappa shape index (κ2) is 7.83. The molecule has 3 nitrogen and oxygen atoms in total. The molecule has 0 radical (unpaired) electrons. The van der Waals surface area contributed by atoms with Gasteiger partial charge in [-0.2, -0.15) is 0 Å². The van der Waals surface area contributed by atoms with Crippen LogP contribution >= 0.6 is 12.2 Å². The van der Waals surface area contributed by atoms with Crippen LogP contribution in [0.15, 0.2) is 18.2 Å². The lowest BCUT2D eigenvalue weighted by Gasteiger charge is -2.42. The van der Waals surface area contributed by atoms with Crippen molar-refractivity contribution in [3.05, 3.63) is 29.3 Å². The van der Waals surface area contributed by atoms with Gasteiger partial charge in [0.1, 0.15) is 10.7 Å². The Morgan fingerprint density at radius 3 is 2.71 bits per heavy atom. The molecule has 0 amide bonds.